The van der Waals surface area contributed by atoms with Crippen LogP contribution in [-0.2, 0) is 6.54 Å². The lowest BCUT2D eigenvalue weighted by molar-refractivity contribution is 0.413. The smallest absolute Gasteiger partial charge is 0.119 e. The lowest BCUT2D eigenvalue weighted by Crippen LogP contribution is -2.28. The molecule has 1 saturated heterocycles. The van der Waals surface area contributed by atoms with Crippen molar-refractivity contribution in [3.63, 3.8) is 0 Å². The van der Waals surface area contributed by atoms with Crippen molar-refractivity contribution in [2.75, 3.05) is 18.6 Å². The third kappa shape index (κ3) is 3.15. The van der Waals surface area contributed by atoms with Crippen molar-refractivity contribution in [2.24, 2.45) is 0 Å². The van der Waals surface area contributed by atoms with Crippen molar-refractivity contribution < 1.29 is 4.74 Å². The van der Waals surface area contributed by atoms with Gasteiger partial charge >= 0.3 is 0 Å². The molecule has 1 aromatic rings. The van der Waals surface area contributed by atoms with Crippen LogP contribution in [0, 0.1) is 0 Å². The van der Waals surface area contributed by atoms with E-state index < -0.39 is 0 Å². The Hall–Kier alpha value is -0.190. The van der Waals surface area contributed by atoms with Crippen LogP contribution in [0.2, 0.25) is 0 Å². The molecule has 1 aliphatic rings. The third-order valence-corrected chi connectivity index (χ3v) is 4.70. The molecule has 0 aromatic heterocycles. The first-order chi connectivity index (χ1) is 7.79. The Labute approximate surface area is 109 Å². The zero-order valence-corrected chi connectivity index (χ0v) is 11.7. The SMILES string of the molecule is COc1ccc(Br)c(CNC2CCSC2)c1. The molecule has 16 heavy (non-hydrogen) atoms. The summed E-state index contributed by atoms with van der Waals surface area (Å²) in [6, 6.07) is 6.76. The van der Waals surface area contributed by atoms with Gasteiger partial charge in [0.2, 0.25) is 0 Å². The van der Waals surface area contributed by atoms with E-state index in [1.807, 2.05) is 23.9 Å². The molecule has 1 N–H and O–H groups in total. The van der Waals surface area contributed by atoms with Crippen molar-refractivity contribution in [3.8, 4) is 5.75 Å². The number of ether oxygens (including phenoxy) is 1. The summed E-state index contributed by atoms with van der Waals surface area (Å²) in [5, 5.41) is 3.58. The Kier molecular flexibility index (Phi) is 4.55. The number of methoxy groups -OCH3 is 1. The van der Waals surface area contributed by atoms with Crippen molar-refractivity contribution in [2.45, 2.75) is 19.0 Å². The van der Waals surface area contributed by atoms with E-state index in [1.165, 1.54) is 23.5 Å². The van der Waals surface area contributed by atoms with E-state index in [2.05, 4.69) is 27.3 Å². The van der Waals surface area contributed by atoms with Crippen LogP contribution < -0.4 is 10.1 Å². The Morgan fingerprint density at radius 2 is 2.44 bits per heavy atom. The van der Waals surface area contributed by atoms with Gasteiger partial charge in [0.15, 0.2) is 0 Å². The van der Waals surface area contributed by atoms with Gasteiger partial charge in [-0.25, -0.2) is 0 Å². The highest BCUT2D eigenvalue weighted by Gasteiger charge is 2.14. The van der Waals surface area contributed by atoms with Gasteiger partial charge in [-0.15, -0.1) is 0 Å². The molecule has 1 atom stereocenters. The van der Waals surface area contributed by atoms with Gasteiger partial charge in [-0.3, -0.25) is 0 Å². The fraction of sp³-hybridized carbons (Fsp3) is 0.500. The minimum Gasteiger partial charge on any atom is -0.497 e. The van der Waals surface area contributed by atoms with Gasteiger partial charge < -0.3 is 10.1 Å². The van der Waals surface area contributed by atoms with E-state index in [0.29, 0.717) is 6.04 Å². The molecular weight excluding hydrogens is 286 g/mol. The summed E-state index contributed by atoms with van der Waals surface area (Å²) in [4.78, 5) is 0. The fourth-order valence-corrected chi connectivity index (χ4v) is 3.34. The largest absolute Gasteiger partial charge is 0.497 e. The minimum absolute atomic E-state index is 0.670. The van der Waals surface area contributed by atoms with Crippen LogP contribution in [0.15, 0.2) is 22.7 Å². The second kappa shape index (κ2) is 5.94. The number of halogens is 1. The van der Waals surface area contributed by atoms with Crippen molar-refractivity contribution >= 4 is 27.7 Å². The fourth-order valence-electron chi connectivity index (χ4n) is 1.76. The summed E-state index contributed by atoms with van der Waals surface area (Å²) in [6.45, 7) is 0.906. The standard InChI is InChI=1S/C12H16BrNOS/c1-15-11-2-3-12(13)9(6-11)7-14-10-4-5-16-8-10/h2-3,6,10,14H,4-5,7-8H2,1H3. The normalized spacial score (nSPS) is 20.0. The van der Waals surface area contributed by atoms with Crippen molar-refractivity contribution in [1.29, 1.82) is 0 Å². The molecule has 1 fully saturated rings. The summed E-state index contributed by atoms with van der Waals surface area (Å²) >= 11 is 5.60. The number of benzene rings is 1. The summed E-state index contributed by atoms with van der Waals surface area (Å²) in [7, 11) is 1.70. The Balaban J connectivity index is 1.96. The highest BCUT2D eigenvalue weighted by Crippen LogP contribution is 2.23. The molecule has 88 valence electrons. The highest BCUT2D eigenvalue weighted by atomic mass is 79.9. The van der Waals surface area contributed by atoms with Crippen LogP contribution in [0.1, 0.15) is 12.0 Å². The van der Waals surface area contributed by atoms with E-state index >= 15 is 0 Å². The Morgan fingerprint density at radius 1 is 1.56 bits per heavy atom. The third-order valence-electron chi connectivity index (χ3n) is 2.76. The lowest BCUT2D eigenvalue weighted by Gasteiger charge is -2.13. The molecule has 2 rings (SSSR count). The molecule has 4 heteroatoms. The number of nitrogens with one attached hydrogen (secondary N) is 1. The average molecular weight is 302 g/mol. The number of thioether (sulfide) groups is 1. The summed E-state index contributed by atoms with van der Waals surface area (Å²) < 4.78 is 6.37. The van der Waals surface area contributed by atoms with Gasteiger partial charge in [0.1, 0.15) is 5.75 Å². The van der Waals surface area contributed by atoms with E-state index in [0.717, 1.165) is 16.8 Å². The van der Waals surface area contributed by atoms with Crippen LogP contribution in [0.5, 0.6) is 5.75 Å². The first-order valence-corrected chi connectivity index (χ1v) is 7.38. The van der Waals surface area contributed by atoms with Gasteiger partial charge in [0.05, 0.1) is 7.11 Å². The summed E-state index contributed by atoms with van der Waals surface area (Å²) in [6.07, 6.45) is 1.28. The number of rotatable bonds is 4. The first-order valence-electron chi connectivity index (χ1n) is 5.43. The van der Waals surface area contributed by atoms with Crippen LogP contribution >= 0.6 is 27.7 Å². The zero-order valence-electron chi connectivity index (χ0n) is 9.33. The quantitative estimate of drug-likeness (QED) is 0.923. The van der Waals surface area contributed by atoms with Crippen LogP contribution in [0.3, 0.4) is 0 Å². The van der Waals surface area contributed by atoms with Crippen molar-refractivity contribution in [3.05, 3.63) is 28.2 Å². The maximum absolute atomic E-state index is 5.23. The van der Waals surface area contributed by atoms with Crippen LogP contribution in [0.4, 0.5) is 0 Å². The topological polar surface area (TPSA) is 21.3 Å². The van der Waals surface area contributed by atoms with Crippen LogP contribution in [-0.4, -0.2) is 24.7 Å². The Morgan fingerprint density at radius 3 is 3.12 bits per heavy atom. The molecule has 1 aliphatic heterocycles. The van der Waals surface area contributed by atoms with Gasteiger partial charge in [-0.2, -0.15) is 11.8 Å². The molecule has 0 radical (unpaired) electrons. The molecular formula is C12H16BrNOS. The van der Waals surface area contributed by atoms with E-state index in [9.17, 15) is 0 Å². The van der Waals surface area contributed by atoms with E-state index in [4.69, 9.17) is 4.74 Å². The second-order valence-electron chi connectivity index (χ2n) is 3.90. The van der Waals surface area contributed by atoms with Gasteiger partial charge in [0, 0.05) is 22.8 Å². The number of hydrogen-bond acceptors (Lipinski definition) is 3. The minimum atomic E-state index is 0.670. The van der Waals surface area contributed by atoms with E-state index in [1.54, 1.807) is 7.11 Å². The molecule has 0 bridgehead atoms. The van der Waals surface area contributed by atoms with Gasteiger partial charge in [-0.1, -0.05) is 15.9 Å². The first kappa shape index (κ1) is 12.3. The second-order valence-corrected chi connectivity index (χ2v) is 5.90. The molecule has 0 spiro atoms. The predicted molar refractivity (Wildman–Crippen MR) is 73.3 cm³/mol. The molecule has 0 saturated carbocycles. The molecule has 2 nitrogen and oxygen atoms in total. The van der Waals surface area contributed by atoms with Gasteiger partial charge in [0.25, 0.3) is 0 Å². The number of hydrogen-bond donors (Lipinski definition) is 1. The molecule has 1 unspecified atom stereocenters. The molecule has 1 heterocycles. The highest BCUT2D eigenvalue weighted by molar-refractivity contribution is 9.10. The Bertz CT molecular complexity index is 353. The van der Waals surface area contributed by atoms with E-state index in [-0.39, 0.29) is 0 Å². The summed E-state index contributed by atoms with van der Waals surface area (Å²) in [5.41, 5.74) is 1.26. The molecule has 0 aliphatic carbocycles. The van der Waals surface area contributed by atoms with Crippen molar-refractivity contribution in [1.82, 2.24) is 5.32 Å². The maximum atomic E-state index is 5.23. The lowest BCUT2D eigenvalue weighted by atomic mass is 10.2. The van der Waals surface area contributed by atoms with Crippen LogP contribution in [0.25, 0.3) is 0 Å². The maximum Gasteiger partial charge on any atom is 0.119 e. The molecule has 1 aromatic carbocycles. The predicted octanol–water partition coefficient (Wildman–Crippen LogP) is 3.05. The monoisotopic (exact) mass is 301 g/mol. The average Bonchev–Trinajstić information content (AvgIpc) is 2.81. The molecule has 0 amide bonds. The van der Waals surface area contributed by atoms with Gasteiger partial charge in [-0.05, 0) is 35.9 Å². The zero-order chi connectivity index (χ0) is 11.4. The summed E-state index contributed by atoms with van der Waals surface area (Å²) in [5.74, 6) is 3.44.